The molecule has 0 saturated carbocycles. The van der Waals surface area contributed by atoms with Crippen molar-refractivity contribution in [2.75, 3.05) is 19.7 Å². The van der Waals surface area contributed by atoms with Gasteiger partial charge in [0.2, 0.25) is 5.78 Å². The third kappa shape index (κ3) is 2.68. The molecular weight excluding hydrogens is 386 g/mol. The van der Waals surface area contributed by atoms with Crippen LogP contribution in [0.3, 0.4) is 0 Å². The first-order valence-electron chi connectivity index (χ1n) is 6.93. The Bertz CT molecular complexity index is 515. The summed E-state index contributed by atoms with van der Waals surface area (Å²) < 4.78 is 6.79. The Balaban J connectivity index is 0.00000147. The van der Waals surface area contributed by atoms with E-state index in [1.165, 1.54) is 24.2 Å². The van der Waals surface area contributed by atoms with E-state index >= 15 is 0 Å². The van der Waals surface area contributed by atoms with E-state index in [0.29, 0.717) is 6.61 Å². The van der Waals surface area contributed by atoms with Crippen LogP contribution in [0.5, 0.6) is 5.75 Å². The molecule has 1 aromatic rings. The zero-order chi connectivity index (χ0) is 13.5. The number of quaternary nitrogens is 1. The zero-order valence-electron chi connectivity index (χ0n) is 11.5. The number of benzene rings is 1. The largest absolute Gasteiger partial charge is 1.00 e. The lowest BCUT2D eigenvalue weighted by Gasteiger charge is -2.41. The van der Waals surface area contributed by atoms with Crippen LogP contribution in [0.15, 0.2) is 22.7 Å². The van der Waals surface area contributed by atoms with Crippen LogP contribution in [0.4, 0.5) is 0 Å². The maximum Gasteiger partial charge on any atom is 0.230 e. The van der Waals surface area contributed by atoms with Crippen molar-refractivity contribution in [3.8, 4) is 5.75 Å². The molecule has 1 atom stereocenters. The normalized spacial score (nSPS) is 26.4. The molecule has 2 aliphatic heterocycles. The van der Waals surface area contributed by atoms with Crippen molar-refractivity contribution in [2.24, 2.45) is 0 Å². The fraction of sp³-hybridized carbons (Fsp3) is 0.533. The fourth-order valence-electron chi connectivity index (χ4n) is 3.18. The second kappa shape index (κ2) is 6.16. The number of piperidine rings is 1. The van der Waals surface area contributed by atoms with Gasteiger partial charge in [-0.1, -0.05) is 15.9 Å². The van der Waals surface area contributed by atoms with Gasteiger partial charge in [-0.3, -0.25) is 4.79 Å². The molecule has 0 amide bonds. The predicted molar refractivity (Wildman–Crippen MR) is 76.9 cm³/mol. The number of Topliss-reactive ketones (excluding diaryl/α,β-unsaturated/α-hetero) is 1. The molecule has 2 aliphatic rings. The lowest BCUT2D eigenvalue weighted by Crippen LogP contribution is -3.22. The molecule has 1 aromatic carbocycles. The first-order valence-corrected chi connectivity index (χ1v) is 7.73. The summed E-state index contributed by atoms with van der Waals surface area (Å²) in [4.78, 5) is 14.3. The highest BCUT2D eigenvalue weighted by Gasteiger charge is 2.48. The van der Waals surface area contributed by atoms with Gasteiger partial charge in [-0.05, 0) is 37.5 Å². The molecule has 2 heterocycles. The monoisotopic (exact) mass is 403 g/mol. The summed E-state index contributed by atoms with van der Waals surface area (Å²) in [5.41, 5.74) is 0.301. The minimum Gasteiger partial charge on any atom is -1.00 e. The predicted octanol–water partition coefficient (Wildman–Crippen LogP) is -1.14. The van der Waals surface area contributed by atoms with Crippen molar-refractivity contribution < 1.29 is 31.4 Å². The SMILES string of the molecule is CC1([NH+]2CCCCC2)COc2ccc(Br)cc2C1=O.[Br-]. The Morgan fingerprint density at radius 1 is 1.25 bits per heavy atom. The molecule has 0 aliphatic carbocycles. The highest BCUT2D eigenvalue weighted by Crippen LogP contribution is 2.30. The van der Waals surface area contributed by atoms with Crippen molar-refractivity contribution in [1.29, 1.82) is 0 Å². The topological polar surface area (TPSA) is 30.7 Å². The summed E-state index contributed by atoms with van der Waals surface area (Å²) in [6.45, 7) is 4.71. The highest BCUT2D eigenvalue weighted by molar-refractivity contribution is 9.10. The summed E-state index contributed by atoms with van der Waals surface area (Å²) in [7, 11) is 0. The van der Waals surface area contributed by atoms with E-state index in [9.17, 15) is 4.79 Å². The molecule has 3 rings (SSSR count). The van der Waals surface area contributed by atoms with E-state index < -0.39 is 5.54 Å². The summed E-state index contributed by atoms with van der Waals surface area (Å²) in [5.74, 6) is 0.953. The third-order valence-corrected chi connectivity index (χ3v) is 4.93. The number of halogens is 2. The number of likely N-dealkylation sites (tertiary alicyclic amines) is 1. The lowest BCUT2D eigenvalue weighted by atomic mass is 9.86. The summed E-state index contributed by atoms with van der Waals surface area (Å²) in [6, 6.07) is 5.68. The van der Waals surface area contributed by atoms with Gasteiger partial charge in [0.05, 0.1) is 18.7 Å². The van der Waals surface area contributed by atoms with Gasteiger partial charge in [-0.15, -0.1) is 0 Å². The minimum absolute atomic E-state index is 0. The van der Waals surface area contributed by atoms with Crippen LogP contribution >= 0.6 is 15.9 Å². The summed E-state index contributed by atoms with van der Waals surface area (Å²) >= 11 is 3.44. The molecule has 1 fully saturated rings. The van der Waals surface area contributed by atoms with Crippen LogP contribution in [0.1, 0.15) is 36.5 Å². The van der Waals surface area contributed by atoms with Crippen LogP contribution in [0, 0.1) is 0 Å². The average molecular weight is 405 g/mol. The van der Waals surface area contributed by atoms with Crippen LogP contribution in [-0.4, -0.2) is 31.0 Å². The maximum absolute atomic E-state index is 12.9. The van der Waals surface area contributed by atoms with E-state index in [1.807, 2.05) is 18.2 Å². The second-order valence-electron chi connectivity index (χ2n) is 5.75. The Kier molecular flexibility index (Phi) is 4.92. The molecule has 1 unspecified atom stereocenters. The van der Waals surface area contributed by atoms with Gasteiger partial charge in [0.25, 0.3) is 0 Å². The van der Waals surface area contributed by atoms with Gasteiger partial charge in [-0.2, -0.15) is 0 Å². The van der Waals surface area contributed by atoms with E-state index in [4.69, 9.17) is 4.74 Å². The first-order chi connectivity index (χ1) is 9.11. The van der Waals surface area contributed by atoms with Crippen LogP contribution in [-0.2, 0) is 0 Å². The Morgan fingerprint density at radius 3 is 2.65 bits per heavy atom. The Hall–Kier alpha value is -0.390. The van der Waals surface area contributed by atoms with E-state index in [2.05, 4.69) is 22.9 Å². The van der Waals surface area contributed by atoms with Crippen molar-refractivity contribution >= 4 is 21.7 Å². The van der Waals surface area contributed by atoms with E-state index in [-0.39, 0.29) is 22.8 Å². The number of ketones is 1. The fourth-order valence-corrected chi connectivity index (χ4v) is 3.54. The van der Waals surface area contributed by atoms with Crippen molar-refractivity contribution in [3.05, 3.63) is 28.2 Å². The number of hydrogen-bond acceptors (Lipinski definition) is 2. The van der Waals surface area contributed by atoms with Gasteiger partial charge in [0.1, 0.15) is 5.75 Å². The average Bonchev–Trinajstić information content (AvgIpc) is 2.45. The summed E-state index contributed by atoms with van der Waals surface area (Å²) in [6.07, 6.45) is 3.71. The zero-order valence-corrected chi connectivity index (χ0v) is 14.7. The third-order valence-electron chi connectivity index (χ3n) is 4.44. The molecule has 20 heavy (non-hydrogen) atoms. The van der Waals surface area contributed by atoms with Crippen LogP contribution in [0.2, 0.25) is 0 Å². The van der Waals surface area contributed by atoms with Gasteiger partial charge < -0.3 is 26.6 Å². The molecular formula is C15H19Br2NO2. The van der Waals surface area contributed by atoms with Crippen molar-refractivity contribution in [3.63, 3.8) is 0 Å². The number of carbonyl (C=O) groups is 1. The van der Waals surface area contributed by atoms with Crippen LogP contribution in [0.25, 0.3) is 0 Å². The van der Waals surface area contributed by atoms with Crippen molar-refractivity contribution in [1.82, 2.24) is 0 Å². The number of nitrogens with one attached hydrogen (secondary N) is 1. The van der Waals surface area contributed by atoms with E-state index in [1.54, 1.807) is 0 Å². The molecule has 0 radical (unpaired) electrons. The maximum atomic E-state index is 12.9. The van der Waals surface area contributed by atoms with E-state index in [0.717, 1.165) is 28.9 Å². The molecule has 5 heteroatoms. The minimum atomic E-state index is -0.422. The molecule has 1 saturated heterocycles. The molecule has 0 spiro atoms. The molecule has 0 bridgehead atoms. The number of rotatable bonds is 1. The Labute approximate surface area is 138 Å². The first kappa shape index (κ1) is 16.0. The smallest absolute Gasteiger partial charge is 0.230 e. The highest BCUT2D eigenvalue weighted by atomic mass is 79.9. The standard InChI is InChI=1S/C15H18BrNO2.BrH/c1-15(17-7-3-2-4-8-17)10-19-13-6-5-11(16)9-12(13)14(15)18;/h5-6,9H,2-4,7-8,10H2,1H3;1H. The van der Waals surface area contributed by atoms with Gasteiger partial charge in [-0.25, -0.2) is 0 Å². The number of hydrogen-bond donors (Lipinski definition) is 1. The molecule has 1 N–H and O–H groups in total. The molecule has 110 valence electrons. The van der Waals surface area contributed by atoms with Gasteiger partial charge in [0, 0.05) is 11.4 Å². The second-order valence-corrected chi connectivity index (χ2v) is 6.67. The molecule has 0 aromatic heterocycles. The number of carbonyl (C=O) groups excluding carboxylic acids is 1. The number of fused-ring (bicyclic) bond motifs is 1. The number of ether oxygens (including phenoxy) is 1. The summed E-state index contributed by atoms with van der Waals surface area (Å²) in [5, 5.41) is 0. The quantitative estimate of drug-likeness (QED) is 0.641. The Morgan fingerprint density at radius 2 is 1.95 bits per heavy atom. The van der Waals surface area contributed by atoms with Gasteiger partial charge in [0.15, 0.2) is 12.1 Å². The lowest BCUT2D eigenvalue weighted by molar-refractivity contribution is -0.944. The van der Waals surface area contributed by atoms with Gasteiger partial charge >= 0.3 is 0 Å². The molecule has 3 nitrogen and oxygen atoms in total. The van der Waals surface area contributed by atoms with Crippen LogP contribution < -0.4 is 26.6 Å². The van der Waals surface area contributed by atoms with Crippen molar-refractivity contribution in [2.45, 2.75) is 31.7 Å².